The summed E-state index contributed by atoms with van der Waals surface area (Å²) in [4.78, 5) is 4.58. The molecule has 1 N–H and O–H groups in total. The molecule has 0 saturated heterocycles. The molecule has 0 aromatic carbocycles. The highest BCUT2D eigenvalue weighted by Gasteiger charge is 2.44. The summed E-state index contributed by atoms with van der Waals surface area (Å²) in [5.74, 6) is 3.38. The van der Waals surface area contributed by atoms with E-state index in [-0.39, 0.29) is 0 Å². The fraction of sp³-hybridized carbons (Fsp3) is 0.706. The van der Waals surface area contributed by atoms with Crippen molar-refractivity contribution < 1.29 is 0 Å². The first-order valence-electron chi connectivity index (χ1n) is 7.94. The number of aromatic nitrogens is 1. The Morgan fingerprint density at radius 3 is 2.79 bits per heavy atom. The van der Waals surface area contributed by atoms with Crippen molar-refractivity contribution in [3.63, 3.8) is 0 Å². The van der Waals surface area contributed by atoms with Crippen LogP contribution in [-0.2, 0) is 0 Å². The molecule has 5 unspecified atom stereocenters. The van der Waals surface area contributed by atoms with Crippen LogP contribution >= 0.6 is 0 Å². The van der Waals surface area contributed by atoms with Crippen LogP contribution in [0.5, 0.6) is 0 Å². The highest BCUT2D eigenvalue weighted by molar-refractivity contribution is 5.13. The lowest BCUT2D eigenvalue weighted by molar-refractivity contribution is 0.227. The van der Waals surface area contributed by atoms with E-state index in [0.717, 1.165) is 24.3 Å². The molecule has 2 nitrogen and oxygen atoms in total. The lowest BCUT2D eigenvalue weighted by Gasteiger charge is -2.35. The van der Waals surface area contributed by atoms with Gasteiger partial charge in [0.25, 0.3) is 0 Å². The van der Waals surface area contributed by atoms with E-state index in [2.05, 4.69) is 36.3 Å². The molecule has 3 rings (SSSR count). The first kappa shape index (κ1) is 13.1. The number of likely N-dealkylation sites (N-methyl/N-ethyl adjacent to an activating group) is 1. The topological polar surface area (TPSA) is 24.9 Å². The Bertz CT molecular complexity index is 403. The summed E-state index contributed by atoms with van der Waals surface area (Å²) in [6.45, 7) is 5.64. The van der Waals surface area contributed by atoms with E-state index in [0.29, 0.717) is 12.0 Å². The van der Waals surface area contributed by atoms with E-state index in [9.17, 15) is 0 Å². The molecule has 1 heterocycles. The molecule has 104 valence electrons. The summed E-state index contributed by atoms with van der Waals surface area (Å²) in [5, 5.41) is 3.77. The minimum absolute atomic E-state index is 0.519. The molecule has 2 heteroatoms. The predicted molar refractivity (Wildman–Crippen MR) is 79.1 cm³/mol. The summed E-state index contributed by atoms with van der Waals surface area (Å²) in [6.07, 6.45) is 7.81. The maximum Gasteiger partial charge on any atom is 0.0447 e. The molecular weight excluding hydrogens is 232 g/mol. The quantitative estimate of drug-likeness (QED) is 0.873. The zero-order valence-electron chi connectivity index (χ0n) is 12.2. The fourth-order valence-electron chi connectivity index (χ4n) is 4.50. The molecule has 1 aromatic rings. The van der Waals surface area contributed by atoms with Crippen molar-refractivity contribution in [1.29, 1.82) is 0 Å². The van der Waals surface area contributed by atoms with Crippen LogP contribution in [0.1, 0.15) is 51.1 Å². The van der Waals surface area contributed by atoms with Crippen LogP contribution in [0.15, 0.2) is 24.4 Å². The van der Waals surface area contributed by atoms with Crippen molar-refractivity contribution in [3.05, 3.63) is 30.1 Å². The second kappa shape index (κ2) is 5.62. The Balaban J connectivity index is 1.77. The predicted octanol–water partition coefficient (Wildman–Crippen LogP) is 3.60. The van der Waals surface area contributed by atoms with Gasteiger partial charge in [0.15, 0.2) is 0 Å². The molecule has 0 aliphatic heterocycles. The molecule has 19 heavy (non-hydrogen) atoms. The summed E-state index contributed by atoms with van der Waals surface area (Å²) in [5.41, 5.74) is 1.25. The molecular formula is C17H26N2. The zero-order valence-corrected chi connectivity index (χ0v) is 12.2. The van der Waals surface area contributed by atoms with Gasteiger partial charge in [-0.25, -0.2) is 0 Å². The first-order chi connectivity index (χ1) is 9.29. The third-order valence-corrected chi connectivity index (χ3v) is 5.39. The largest absolute Gasteiger partial charge is 0.313 e. The van der Waals surface area contributed by atoms with E-state index >= 15 is 0 Å². The molecule has 2 bridgehead atoms. The van der Waals surface area contributed by atoms with Crippen LogP contribution in [0, 0.1) is 17.8 Å². The van der Waals surface area contributed by atoms with E-state index < -0.39 is 0 Å². The Morgan fingerprint density at radius 2 is 2.21 bits per heavy atom. The molecule has 5 atom stereocenters. The number of hydrogen-bond donors (Lipinski definition) is 1. The second-order valence-corrected chi connectivity index (χ2v) is 6.47. The Hall–Kier alpha value is -0.890. The van der Waals surface area contributed by atoms with Crippen molar-refractivity contribution >= 4 is 0 Å². The molecule has 0 amide bonds. The maximum absolute atomic E-state index is 4.58. The standard InChI is InChI=1S/C17H26N2/c1-3-18-17(12(2)16-6-4-5-9-19-16)15-11-13-7-8-14(15)10-13/h4-6,9,12-15,17-18H,3,7-8,10-11H2,1-2H3. The van der Waals surface area contributed by atoms with Gasteiger partial charge in [0.2, 0.25) is 0 Å². The monoisotopic (exact) mass is 258 g/mol. The molecule has 2 fully saturated rings. The molecule has 2 aliphatic carbocycles. The van der Waals surface area contributed by atoms with Crippen molar-refractivity contribution in [2.75, 3.05) is 6.54 Å². The lowest BCUT2D eigenvalue weighted by Crippen LogP contribution is -2.42. The third kappa shape index (κ3) is 2.55. The zero-order chi connectivity index (χ0) is 13.2. The van der Waals surface area contributed by atoms with E-state index in [1.54, 1.807) is 0 Å². The number of nitrogens with zero attached hydrogens (tertiary/aromatic N) is 1. The SMILES string of the molecule is CCNC(C(C)c1ccccn1)C1CC2CCC1C2. The van der Waals surface area contributed by atoms with Crippen molar-refractivity contribution in [1.82, 2.24) is 10.3 Å². The number of hydrogen-bond acceptors (Lipinski definition) is 2. The highest BCUT2D eigenvalue weighted by Crippen LogP contribution is 2.51. The molecule has 2 saturated carbocycles. The third-order valence-electron chi connectivity index (χ3n) is 5.39. The van der Waals surface area contributed by atoms with Gasteiger partial charge >= 0.3 is 0 Å². The highest BCUT2D eigenvalue weighted by atomic mass is 14.9. The molecule has 0 radical (unpaired) electrons. The average Bonchev–Trinajstić information content (AvgIpc) is 3.07. The van der Waals surface area contributed by atoms with E-state index in [1.807, 2.05) is 12.3 Å². The van der Waals surface area contributed by atoms with Gasteiger partial charge in [0.1, 0.15) is 0 Å². The van der Waals surface area contributed by atoms with Crippen LogP contribution in [0.2, 0.25) is 0 Å². The van der Waals surface area contributed by atoms with Crippen LogP contribution in [0.4, 0.5) is 0 Å². The van der Waals surface area contributed by atoms with Crippen molar-refractivity contribution in [3.8, 4) is 0 Å². The minimum Gasteiger partial charge on any atom is -0.313 e. The number of nitrogens with one attached hydrogen (secondary N) is 1. The normalized spacial score (nSPS) is 32.4. The van der Waals surface area contributed by atoms with Gasteiger partial charge in [-0.1, -0.05) is 26.3 Å². The van der Waals surface area contributed by atoms with Crippen molar-refractivity contribution in [2.24, 2.45) is 17.8 Å². The van der Waals surface area contributed by atoms with Gasteiger partial charge in [0, 0.05) is 23.9 Å². The molecule has 1 aromatic heterocycles. The summed E-state index contributed by atoms with van der Waals surface area (Å²) >= 11 is 0. The molecule has 0 spiro atoms. The number of rotatable bonds is 5. The summed E-state index contributed by atoms with van der Waals surface area (Å²) in [6, 6.07) is 6.91. The minimum atomic E-state index is 0.519. The van der Waals surface area contributed by atoms with E-state index in [4.69, 9.17) is 0 Å². The summed E-state index contributed by atoms with van der Waals surface area (Å²) < 4.78 is 0. The average molecular weight is 258 g/mol. The second-order valence-electron chi connectivity index (χ2n) is 6.47. The smallest absolute Gasteiger partial charge is 0.0447 e. The Labute approximate surface area is 117 Å². The van der Waals surface area contributed by atoms with Gasteiger partial charge in [-0.05, 0) is 55.7 Å². The summed E-state index contributed by atoms with van der Waals surface area (Å²) in [7, 11) is 0. The Morgan fingerprint density at radius 1 is 1.32 bits per heavy atom. The van der Waals surface area contributed by atoms with Crippen LogP contribution < -0.4 is 5.32 Å². The number of pyridine rings is 1. The van der Waals surface area contributed by atoms with Crippen LogP contribution in [0.25, 0.3) is 0 Å². The lowest BCUT2D eigenvalue weighted by atomic mass is 9.77. The molecule has 2 aliphatic rings. The van der Waals surface area contributed by atoms with Gasteiger partial charge in [0.05, 0.1) is 0 Å². The van der Waals surface area contributed by atoms with Crippen molar-refractivity contribution in [2.45, 2.75) is 51.5 Å². The van der Waals surface area contributed by atoms with Gasteiger partial charge in [-0.3, -0.25) is 4.98 Å². The fourth-order valence-corrected chi connectivity index (χ4v) is 4.50. The Kier molecular flexibility index (Phi) is 3.88. The van der Waals surface area contributed by atoms with Crippen LogP contribution in [-0.4, -0.2) is 17.6 Å². The van der Waals surface area contributed by atoms with Gasteiger partial charge in [-0.2, -0.15) is 0 Å². The van der Waals surface area contributed by atoms with E-state index in [1.165, 1.54) is 31.4 Å². The van der Waals surface area contributed by atoms with Gasteiger partial charge in [-0.15, -0.1) is 0 Å². The number of fused-ring (bicyclic) bond motifs is 2. The van der Waals surface area contributed by atoms with Gasteiger partial charge < -0.3 is 5.32 Å². The first-order valence-corrected chi connectivity index (χ1v) is 7.94. The maximum atomic E-state index is 4.58. The van der Waals surface area contributed by atoms with Crippen LogP contribution in [0.3, 0.4) is 0 Å².